The van der Waals surface area contributed by atoms with E-state index in [0.29, 0.717) is 27.9 Å². The lowest BCUT2D eigenvalue weighted by Gasteiger charge is -2.21. The van der Waals surface area contributed by atoms with Gasteiger partial charge in [-0.05, 0) is 106 Å². The number of hydrogen-bond acceptors (Lipinski definition) is 2. The Hall–Kier alpha value is -8.65. The van der Waals surface area contributed by atoms with Crippen LogP contribution in [0.2, 0.25) is 0 Å². The third-order valence-electron chi connectivity index (χ3n) is 12.2. The first-order valence-corrected chi connectivity index (χ1v) is 20.8. The van der Waals surface area contributed by atoms with Crippen molar-refractivity contribution in [1.82, 2.24) is 9.13 Å². The standard InChI is InChI=1S/C57H33F3N4/c58-57(59,60)50-29-36(34-61)19-24-43(50)42-23-28-54(63-51-17-9-7-15-44(51)47-31-40(21-26-53(47)63)38-11-3-1-4-12-38)49(33-42)46-25-20-37(35-62)30-56(46)64-52-18-10-8-16-45(52)48-32-41(22-27-55(48)64)39-13-5-2-6-14-39/h1-33H. The molecule has 0 spiro atoms. The number of aromatic nitrogens is 2. The van der Waals surface area contributed by atoms with Gasteiger partial charge in [-0.1, -0.05) is 127 Å². The number of para-hydroxylation sites is 2. The maximum Gasteiger partial charge on any atom is 0.417 e. The second-order valence-corrected chi connectivity index (χ2v) is 15.8. The molecule has 0 radical (unpaired) electrons. The Kier molecular flexibility index (Phi) is 9.01. The molecule has 11 aromatic rings. The zero-order valence-corrected chi connectivity index (χ0v) is 34.0. The maximum absolute atomic E-state index is 14.9. The Morgan fingerprint density at radius 3 is 1.36 bits per heavy atom. The SMILES string of the molecule is N#Cc1ccc(-c2cc(-c3ccc(C#N)cc3C(F)(F)F)ccc2-n2c3ccccc3c3cc(-c4ccccc4)ccc32)c(-n2c3ccccc3c3cc(-c4ccccc4)ccc32)c1. The number of alkyl halides is 3. The van der Waals surface area contributed by atoms with Gasteiger partial charge in [0.1, 0.15) is 0 Å². The molecule has 2 heterocycles. The van der Waals surface area contributed by atoms with Crippen molar-refractivity contribution >= 4 is 43.6 Å². The van der Waals surface area contributed by atoms with Crippen LogP contribution in [0.3, 0.4) is 0 Å². The number of hydrogen-bond donors (Lipinski definition) is 0. The number of rotatable bonds is 6. The van der Waals surface area contributed by atoms with Crippen molar-refractivity contribution in [3.63, 3.8) is 0 Å². The lowest BCUT2D eigenvalue weighted by atomic mass is 9.92. The highest BCUT2D eigenvalue weighted by Crippen LogP contribution is 2.45. The molecule has 4 nitrogen and oxygen atoms in total. The minimum absolute atomic E-state index is 0.0467. The van der Waals surface area contributed by atoms with E-state index in [1.165, 1.54) is 12.1 Å². The van der Waals surface area contributed by atoms with Crippen molar-refractivity contribution < 1.29 is 13.2 Å². The van der Waals surface area contributed by atoms with Gasteiger partial charge in [-0.25, -0.2) is 0 Å². The molecule has 0 saturated carbocycles. The highest BCUT2D eigenvalue weighted by molar-refractivity contribution is 6.13. The predicted octanol–water partition coefficient (Wildman–Crippen LogP) is 15.3. The molecule has 0 aliphatic rings. The Labute approximate surface area is 366 Å². The lowest BCUT2D eigenvalue weighted by Crippen LogP contribution is -2.08. The molecule has 0 amide bonds. The molecular formula is C57H33F3N4. The van der Waals surface area contributed by atoms with Crippen LogP contribution in [0, 0.1) is 22.7 Å². The minimum atomic E-state index is -4.73. The predicted molar refractivity (Wildman–Crippen MR) is 251 cm³/mol. The van der Waals surface area contributed by atoms with Crippen LogP contribution in [0.1, 0.15) is 16.7 Å². The molecule has 0 aliphatic carbocycles. The van der Waals surface area contributed by atoms with Crippen LogP contribution in [-0.2, 0) is 6.18 Å². The van der Waals surface area contributed by atoms with Crippen molar-refractivity contribution in [2.75, 3.05) is 0 Å². The average Bonchev–Trinajstić information content (AvgIpc) is 3.85. The van der Waals surface area contributed by atoms with Gasteiger partial charge >= 0.3 is 6.18 Å². The molecule has 0 unspecified atom stereocenters. The highest BCUT2D eigenvalue weighted by atomic mass is 19.4. The molecule has 0 bridgehead atoms. The number of fused-ring (bicyclic) bond motifs is 6. The van der Waals surface area contributed by atoms with Gasteiger partial charge in [0, 0.05) is 32.7 Å². The van der Waals surface area contributed by atoms with Crippen molar-refractivity contribution in [2.45, 2.75) is 6.18 Å². The van der Waals surface area contributed by atoms with Crippen LogP contribution in [0.5, 0.6) is 0 Å². The van der Waals surface area contributed by atoms with Gasteiger partial charge in [0.2, 0.25) is 0 Å². The fourth-order valence-corrected chi connectivity index (χ4v) is 9.31. The summed E-state index contributed by atoms with van der Waals surface area (Å²) in [6, 6.07) is 68.4. The zero-order valence-electron chi connectivity index (χ0n) is 34.0. The summed E-state index contributed by atoms with van der Waals surface area (Å²) in [5.74, 6) is 0. The van der Waals surface area contributed by atoms with Gasteiger partial charge in [0.25, 0.3) is 0 Å². The van der Waals surface area contributed by atoms with Gasteiger partial charge in [0.15, 0.2) is 0 Å². The first-order chi connectivity index (χ1) is 31.3. The van der Waals surface area contributed by atoms with E-state index in [0.717, 1.165) is 77.6 Å². The van der Waals surface area contributed by atoms with E-state index in [1.54, 1.807) is 12.1 Å². The number of benzene rings is 9. The summed E-state index contributed by atoms with van der Waals surface area (Å²) in [6.07, 6.45) is -4.73. The van der Waals surface area contributed by atoms with E-state index in [1.807, 2.05) is 91.0 Å². The summed E-state index contributed by atoms with van der Waals surface area (Å²) in [7, 11) is 0. The summed E-state index contributed by atoms with van der Waals surface area (Å²) in [5.41, 5.74) is 10.5. The van der Waals surface area contributed by atoms with Gasteiger partial charge in [0.05, 0.1) is 62.3 Å². The smallest absolute Gasteiger partial charge is 0.309 e. The van der Waals surface area contributed by atoms with Crippen LogP contribution >= 0.6 is 0 Å². The third kappa shape index (κ3) is 6.30. The van der Waals surface area contributed by atoms with Crippen molar-refractivity contribution in [2.24, 2.45) is 0 Å². The fraction of sp³-hybridized carbons (Fsp3) is 0.0175. The summed E-state index contributed by atoms with van der Waals surface area (Å²) >= 11 is 0. The Balaban J connectivity index is 1.23. The van der Waals surface area contributed by atoms with Gasteiger partial charge in [-0.15, -0.1) is 0 Å². The monoisotopic (exact) mass is 830 g/mol. The highest BCUT2D eigenvalue weighted by Gasteiger charge is 2.34. The third-order valence-corrected chi connectivity index (χ3v) is 12.2. The first kappa shape index (κ1) is 38.3. The largest absolute Gasteiger partial charge is 0.417 e. The van der Waals surface area contributed by atoms with Crippen LogP contribution in [-0.4, -0.2) is 9.13 Å². The molecule has 0 aliphatic heterocycles. The first-order valence-electron chi connectivity index (χ1n) is 20.8. The van der Waals surface area contributed by atoms with Crippen molar-refractivity contribution in [3.8, 4) is 68.0 Å². The Morgan fingerprint density at radius 1 is 0.344 bits per heavy atom. The van der Waals surface area contributed by atoms with Gasteiger partial charge in [-0.2, -0.15) is 23.7 Å². The molecule has 0 fully saturated rings. The number of nitrogens with zero attached hydrogens (tertiary/aromatic N) is 4. The molecule has 0 atom stereocenters. The molecule has 9 aromatic carbocycles. The Bertz CT molecular complexity index is 3730. The molecule has 0 saturated heterocycles. The van der Waals surface area contributed by atoms with Gasteiger partial charge < -0.3 is 9.13 Å². The van der Waals surface area contributed by atoms with Crippen LogP contribution in [0.15, 0.2) is 200 Å². The van der Waals surface area contributed by atoms with E-state index < -0.39 is 11.7 Å². The minimum Gasteiger partial charge on any atom is -0.309 e. The van der Waals surface area contributed by atoms with Crippen LogP contribution in [0.4, 0.5) is 13.2 Å². The van der Waals surface area contributed by atoms with Crippen molar-refractivity contribution in [3.05, 3.63) is 217 Å². The van der Waals surface area contributed by atoms with E-state index >= 15 is 0 Å². The van der Waals surface area contributed by atoms with E-state index in [9.17, 15) is 23.7 Å². The van der Waals surface area contributed by atoms with Crippen LogP contribution < -0.4 is 0 Å². The summed E-state index contributed by atoms with van der Waals surface area (Å²) in [5, 5.41) is 24.1. The molecule has 0 N–H and O–H groups in total. The topological polar surface area (TPSA) is 57.4 Å². The van der Waals surface area contributed by atoms with E-state index in [4.69, 9.17) is 0 Å². The normalized spacial score (nSPS) is 11.6. The van der Waals surface area contributed by atoms with E-state index in [-0.39, 0.29) is 11.1 Å². The summed E-state index contributed by atoms with van der Waals surface area (Å²) in [6.45, 7) is 0. The van der Waals surface area contributed by atoms with Crippen molar-refractivity contribution in [1.29, 1.82) is 10.5 Å². The zero-order chi connectivity index (χ0) is 43.5. The van der Waals surface area contributed by atoms with E-state index in [2.05, 4.69) is 100 Å². The lowest BCUT2D eigenvalue weighted by molar-refractivity contribution is -0.137. The second kappa shape index (κ2) is 15.1. The summed E-state index contributed by atoms with van der Waals surface area (Å²) < 4.78 is 49.0. The molecule has 64 heavy (non-hydrogen) atoms. The Morgan fingerprint density at radius 2 is 0.812 bits per heavy atom. The molecular weight excluding hydrogens is 798 g/mol. The molecule has 7 heteroatoms. The van der Waals surface area contributed by atoms with Gasteiger partial charge in [-0.3, -0.25) is 0 Å². The quantitative estimate of drug-likeness (QED) is 0.168. The molecule has 2 aromatic heterocycles. The second-order valence-electron chi connectivity index (χ2n) is 15.8. The average molecular weight is 831 g/mol. The number of nitriles is 2. The fourth-order valence-electron chi connectivity index (χ4n) is 9.31. The molecule has 302 valence electrons. The van der Waals surface area contributed by atoms with Crippen LogP contribution in [0.25, 0.3) is 99.5 Å². The number of halogens is 3. The molecule has 11 rings (SSSR count). The summed E-state index contributed by atoms with van der Waals surface area (Å²) in [4.78, 5) is 0. The maximum atomic E-state index is 14.9.